The highest BCUT2D eigenvalue weighted by molar-refractivity contribution is 5.98. The van der Waals surface area contributed by atoms with Gasteiger partial charge in [-0.2, -0.15) is 0 Å². The third-order valence-corrected chi connectivity index (χ3v) is 3.28. The highest BCUT2D eigenvalue weighted by atomic mass is 16.3. The fourth-order valence-corrected chi connectivity index (χ4v) is 2.31. The Hall–Kier alpha value is -2.82. The number of aromatic hydroxyl groups is 1. The Morgan fingerprint density at radius 2 is 1.90 bits per heavy atom. The largest absolute Gasteiger partial charge is 0.515 e. The molecule has 0 aliphatic carbocycles. The summed E-state index contributed by atoms with van der Waals surface area (Å²) in [5.74, 6) is -0.357. The van der Waals surface area contributed by atoms with Gasteiger partial charge in [0.15, 0.2) is 10.9 Å². The van der Waals surface area contributed by atoms with Crippen LogP contribution < -0.4 is 16.1 Å². The summed E-state index contributed by atoms with van der Waals surface area (Å²) in [5.41, 5.74) is -0.00295. The number of aliphatic hydroxyl groups excluding tert-OH is 1. The van der Waals surface area contributed by atoms with Crippen LogP contribution in [0.2, 0.25) is 0 Å². The molecule has 0 saturated heterocycles. The Kier molecular flexibility index (Phi) is 2.50. The van der Waals surface area contributed by atoms with Gasteiger partial charge in [-0.05, 0) is 25.1 Å². The van der Waals surface area contributed by atoms with E-state index in [4.69, 9.17) is 4.42 Å². The molecular formula is C15H10O5. The van der Waals surface area contributed by atoms with Gasteiger partial charge in [0.25, 0.3) is 0 Å². The van der Waals surface area contributed by atoms with Crippen LogP contribution in [-0.4, -0.2) is 10.2 Å². The van der Waals surface area contributed by atoms with Gasteiger partial charge in [-0.3, -0.25) is 9.59 Å². The Morgan fingerprint density at radius 3 is 2.60 bits per heavy atom. The normalized spacial score (nSPS) is 12.3. The van der Waals surface area contributed by atoms with E-state index in [0.29, 0.717) is 11.8 Å². The quantitative estimate of drug-likeness (QED) is 0.602. The molecule has 2 aromatic carbocycles. The van der Waals surface area contributed by atoms with Crippen LogP contribution in [0, 0.1) is 6.92 Å². The Labute approximate surface area is 112 Å². The lowest BCUT2D eigenvalue weighted by molar-refractivity contribution is 0.483. The standard InChI is InChI=1S/C15H10O5/c1-7-5-11-12(8(6-16)14(7)18)15(19)13-9(17)3-2-4-10(13)20-11/h2-6,16,19H,1H3. The van der Waals surface area contributed by atoms with E-state index in [0.717, 1.165) is 0 Å². The molecule has 0 fully saturated rings. The second-order valence-electron chi connectivity index (χ2n) is 4.52. The van der Waals surface area contributed by atoms with Crippen LogP contribution in [0.25, 0.3) is 28.2 Å². The third-order valence-electron chi connectivity index (χ3n) is 3.28. The highest BCUT2D eigenvalue weighted by Crippen LogP contribution is 2.29. The topological polar surface area (TPSA) is 87.7 Å². The van der Waals surface area contributed by atoms with Crippen LogP contribution >= 0.6 is 0 Å². The minimum absolute atomic E-state index is 0.00801. The van der Waals surface area contributed by atoms with E-state index < -0.39 is 10.9 Å². The zero-order valence-electron chi connectivity index (χ0n) is 10.5. The van der Waals surface area contributed by atoms with E-state index in [1.807, 2.05) is 0 Å². The zero-order chi connectivity index (χ0) is 14.4. The van der Waals surface area contributed by atoms with Gasteiger partial charge in [-0.25, -0.2) is 0 Å². The molecule has 1 heterocycles. The van der Waals surface area contributed by atoms with Gasteiger partial charge in [0.05, 0.1) is 16.9 Å². The van der Waals surface area contributed by atoms with Crippen molar-refractivity contribution in [2.75, 3.05) is 0 Å². The number of hydrogen-bond donors (Lipinski definition) is 2. The minimum Gasteiger partial charge on any atom is -0.515 e. The summed E-state index contributed by atoms with van der Waals surface area (Å²) in [7, 11) is 0. The third kappa shape index (κ3) is 1.50. The van der Waals surface area contributed by atoms with Crippen molar-refractivity contribution in [2.24, 2.45) is 0 Å². The predicted molar refractivity (Wildman–Crippen MR) is 75.0 cm³/mol. The second-order valence-corrected chi connectivity index (χ2v) is 4.52. The van der Waals surface area contributed by atoms with Gasteiger partial charge < -0.3 is 14.6 Å². The van der Waals surface area contributed by atoms with Crippen molar-refractivity contribution >= 4 is 28.2 Å². The Bertz CT molecular complexity index is 1010. The molecule has 5 nitrogen and oxygen atoms in total. The maximum absolute atomic E-state index is 12.0. The van der Waals surface area contributed by atoms with Crippen molar-refractivity contribution in [1.29, 1.82) is 0 Å². The first-order valence-electron chi connectivity index (χ1n) is 5.91. The van der Waals surface area contributed by atoms with E-state index in [9.17, 15) is 19.8 Å². The zero-order valence-corrected chi connectivity index (χ0v) is 10.5. The van der Waals surface area contributed by atoms with Gasteiger partial charge in [-0.15, -0.1) is 0 Å². The smallest absolute Gasteiger partial charge is 0.193 e. The summed E-state index contributed by atoms with van der Waals surface area (Å²) >= 11 is 0. The molecule has 5 heteroatoms. The highest BCUT2D eigenvalue weighted by Gasteiger charge is 2.15. The maximum Gasteiger partial charge on any atom is 0.193 e. The minimum atomic E-state index is -0.423. The summed E-state index contributed by atoms with van der Waals surface area (Å²) < 4.78 is 5.56. The molecule has 3 aromatic rings. The molecule has 0 aliphatic heterocycles. The van der Waals surface area contributed by atoms with Crippen LogP contribution in [0.3, 0.4) is 0 Å². The van der Waals surface area contributed by atoms with Crippen LogP contribution in [-0.2, 0) is 0 Å². The van der Waals surface area contributed by atoms with Crippen LogP contribution in [0.5, 0.6) is 5.75 Å². The number of aryl methyl sites for hydroxylation is 1. The van der Waals surface area contributed by atoms with Crippen LogP contribution in [0.1, 0.15) is 5.56 Å². The predicted octanol–water partition coefficient (Wildman–Crippen LogP) is 1.34. The van der Waals surface area contributed by atoms with Crippen molar-refractivity contribution < 1.29 is 14.6 Å². The van der Waals surface area contributed by atoms with Crippen LogP contribution in [0.4, 0.5) is 0 Å². The molecule has 0 atom stereocenters. The average molecular weight is 270 g/mol. The van der Waals surface area contributed by atoms with E-state index in [2.05, 4.69) is 0 Å². The van der Waals surface area contributed by atoms with Crippen molar-refractivity contribution in [1.82, 2.24) is 0 Å². The molecule has 0 unspecified atom stereocenters. The Balaban J connectivity index is 2.77. The van der Waals surface area contributed by atoms with E-state index in [1.165, 1.54) is 18.2 Å². The lowest BCUT2D eigenvalue weighted by atomic mass is 10.1. The lowest BCUT2D eigenvalue weighted by Crippen LogP contribution is -2.27. The second kappa shape index (κ2) is 4.09. The molecule has 0 radical (unpaired) electrons. The molecule has 2 N–H and O–H groups in total. The molecule has 100 valence electrons. The van der Waals surface area contributed by atoms with Gasteiger partial charge in [-0.1, -0.05) is 6.07 Å². The molecule has 0 spiro atoms. The fraction of sp³-hybridized carbons (Fsp3) is 0.0667. The molecule has 0 aliphatic rings. The molecular weight excluding hydrogens is 260 g/mol. The lowest BCUT2D eigenvalue weighted by Gasteiger charge is -2.06. The van der Waals surface area contributed by atoms with Crippen molar-refractivity contribution in [3.05, 3.63) is 55.5 Å². The average Bonchev–Trinajstić information content (AvgIpc) is 2.41. The van der Waals surface area contributed by atoms with Crippen molar-refractivity contribution in [2.45, 2.75) is 6.92 Å². The molecule has 1 aromatic heterocycles. The van der Waals surface area contributed by atoms with Gasteiger partial charge in [0.1, 0.15) is 22.3 Å². The van der Waals surface area contributed by atoms with Gasteiger partial charge in [0, 0.05) is 5.56 Å². The summed E-state index contributed by atoms with van der Waals surface area (Å²) in [6.07, 6.45) is 0.617. The summed E-state index contributed by atoms with van der Waals surface area (Å²) in [4.78, 5) is 23.8. The summed E-state index contributed by atoms with van der Waals surface area (Å²) in [6, 6.07) is 5.84. The SMILES string of the molecule is Cc1cc2oc3cccc(=O)c3c(O)c2c(=CO)c1=O. The molecule has 20 heavy (non-hydrogen) atoms. The fourth-order valence-electron chi connectivity index (χ4n) is 2.31. The number of aliphatic hydroxyl groups is 1. The van der Waals surface area contributed by atoms with Crippen molar-refractivity contribution in [3.8, 4) is 5.75 Å². The van der Waals surface area contributed by atoms with Crippen molar-refractivity contribution in [3.63, 3.8) is 0 Å². The molecule has 0 bridgehead atoms. The molecule has 0 amide bonds. The van der Waals surface area contributed by atoms with E-state index >= 15 is 0 Å². The first kappa shape index (κ1) is 12.2. The summed E-state index contributed by atoms with van der Waals surface area (Å²) in [5, 5.41) is 19.5. The summed E-state index contributed by atoms with van der Waals surface area (Å²) in [6.45, 7) is 1.58. The molecule has 0 saturated carbocycles. The van der Waals surface area contributed by atoms with E-state index in [-0.39, 0.29) is 32.9 Å². The number of fused-ring (bicyclic) bond motifs is 2. The van der Waals surface area contributed by atoms with Crippen LogP contribution in [0.15, 0.2) is 38.3 Å². The van der Waals surface area contributed by atoms with Gasteiger partial charge >= 0.3 is 0 Å². The first-order chi connectivity index (χ1) is 9.54. The molecule has 3 rings (SSSR count). The monoisotopic (exact) mass is 270 g/mol. The number of rotatable bonds is 0. The Morgan fingerprint density at radius 1 is 1.15 bits per heavy atom. The number of hydrogen-bond acceptors (Lipinski definition) is 5. The maximum atomic E-state index is 12.0. The van der Waals surface area contributed by atoms with Gasteiger partial charge in [0.2, 0.25) is 0 Å². The first-order valence-corrected chi connectivity index (χ1v) is 5.91. The number of benzene rings is 2. The van der Waals surface area contributed by atoms with E-state index in [1.54, 1.807) is 13.0 Å².